The first-order chi connectivity index (χ1) is 17.4. The average molecular weight is 485 g/mol. The summed E-state index contributed by atoms with van der Waals surface area (Å²) in [5.41, 5.74) is 6.77. The maximum Gasteiger partial charge on any atom is 0.127 e. The SMILES string of the molecule is Cc1c(C)c2c(c(C)c1O)CCC(C)(CCN1CCN(C(c3ccccc3)c3ccccc3)CC1)O2. The molecule has 1 atom stereocenters. The summed E-state index contributed by atoms with van der Waals surface area (Å²) in [4.78, 5) is 5.24. The first-order valence-corrected chi connectivity index (χ1v) is 13.4. The van der Waals surface area contributed by atoms with Gasteiger partial charge >= 0.3 is 0 Å². The maximum atomic E-state index is 10.5. The molecule has 2 aliphatic rings. The van der Waals surface area contributed by atoms with Gasteiger partial charge in [-0.3, -0.25) is 4.90 Å². The van der Waals surface area contributed by atoms with Gasteiger partial charge in [0.15, 0.2) is 0 Å². The van der Waals surface area contributed by atoms with Gasteiger partial charge in [-0.2, -0.15) is 0 Å². The molecule has 1 unspecified atom stereocenters. The molecule has 0 amide bonds. The van der Waals surface area contributed by atoms with Crippen LogP contribution < -0.4 is 4.74 Å². The first-order valence-electron chi connectivity index (χ1n) is 13.4. The predicted octanol–water partition coefficient (Wildman–Crippen LogP) is 6.20. The van der Waals surface area contributed by atoms with E-state index in [1.807, 2.05) is 13.8 Å². The maximum absolute atomic E-state index is 10.5. The van der Waals surface area contributed by atoms with E-state index in [2.05, 4.69) is 84.3 Å². The molecular formula is C32H40N2O2. The van der Waals surface area contributed by atoms with Crippen LogP contribution in [-0.2, 0) is 6.42 Å². The van der Waals surface area contributed by atoms with E-state index in [0.717, 1.165) is 74.4 Å². The number of rotatable bonds is 6. The van der Waals surface area contributed by atoms with Crippen LogP contribution in [0.1, 0.15) is 59.2 Å². The Bertz CT molecular complexity index is 1150. The second kappa shape index (κ2) is 10.3. The molecule has 0 saturated carbocycles. The van der Waals surface area contributed by atoms with Crippen molar-refractivity contribution in [2.75, 3.05) is 32.7 Å². The number of phenolic OH excluding ortho intramolecular Hbond substituents is 1. The molecule has 0 aromatic heterocycles. The minimum absolute atomic E-state index is 0.165. The van der Waals surface area contributed by atoms with Crippen molar-refractivity contribution in [3.63, 3.8) is 0 Å². The molecule has 0 spiro atoms. The van der Waals surface area contributed by atoms with Gasteiger partial charge < -0.3 is 14.7 Å². The summed E-state index contributed by atoms with van der Waals surface area (Å²) in [5, 5.41) is 10.5. The number of nitrogens with zero attached hydrogens (tertiary/aromatic N) is 2. The van der Waals surface area contributed by atoms with Crippen molar-refractivity contribution in [2.24, 2.45) is 0 Å². The van der Waals surface area contributed by atoms with E-state index < -0.39 is 0 Å². The number of ether oxygens (including phenoxy) is 1. The van der Waals surface area contributed by atoms with E-state index in [4.69, 9.17) is 4.74 Å². The van der Waals surface area contributed by atoms with Gasteiger partial charge in [0.2, 0.25) is 0 Å². The molecule has 1 saturated heterocycles. The highest BCUT2D eigenvalue weighted by atomic mass is 16.5. The van der Waals surface area contributed by atoms with Crippen molar-refractivity contribution in [1.82, 2.24) is 9.80 Å². The summed E-state index contributed by atoms with van der Waals surface area (Å²) in [6.45, 7) is 13.7. The molecule has 36 heavy (non-hydrogen) atoms. The van der Waals surface area contributed by atoms with Gasteiger partial charge in [0, 0.05) is 38.3 Å². The lowest BCUT2D eigenvalue weighted by Crippen LogP contribution is -2.49. The standard InChI is InChI=1S/C32H40N2O2/c1-23-24(2)31-28(25(3)30(23)35)15-16-32(4,36-31)17-18-33-19-21-34(22-20-33)29(26-11-7-5-8-12-26)27-13-9-6-10-14-27/h5-14,29,35H,15-22H2,1-4H3. The molecular weight excluding hydrogens is 444 g/mol. The summed E-state index contributed by atoms with van der Waals surface area (Å²) in [7, 11) is 0. The number of aromatic hydroxyl groups is 1. The van der Waals surface area contributed by atoms with Gasteiger partial charge in [0.05, 0.1) is 6.04 Å². The van der Waals surface area contributed by atoms with E-state index in [1.54, 1.807) is 0 Å². The second-order valence-corrected chi connectivity index (χ2v) is 10.9. The van der Waals surface area contributed by atoms with Crippen LogP contribution in [0.3, 0.4) is 0 Å². The summed E-state index contributed by atoms with van der Waals surface area (Å²) in [5.74, 6) is 1.44. The van der Waals surface area contributed by atoms with Gasteiger partial charge in [-0.05, 0) is 74.8 Å². The van der Waals surface area contributed by atoms with E-state index in [0.29, 0.717) is 11.8 Å². The van der Waals surface area contributed by atoms with Gasteiger partial charge in [-0.15, -0.1) is 0 Å². The number of phenols is 1. The third-order valence-corrected chi connectivity index (χ3v) is 8.55. The highest BCUT2D eigenvalue weighted by Gasteiger charge is 2.35. The van der Waals surface area contributed by atoms with Crippen LogP contribution >= 0.6 is 0 Å². The zero-order chi connectivity index (χ0) is 25.3. The normalized spacial score (nSPS) is 20.8. The zero-order valence-electron chi connectivity index (χ0n) is 22.3. The number of hydrogen-bond acceptors (Lipinski definition) is 4. The van der Waals surface area contributed by atoms with Crippen molar-refractivity contribution in [3.8, 4) is 11.5 Å². The molecule has 0 radical (unpaired) electrons. The molecule has 1 N–H and O–H groups in total. The van der Waals surface area contributed by atoms with E-state index >= 15 is 0 Å². The van der Waals surface area contributed by atoms with Crippen LogP contribution in [0.2, 0.25) is 0 Å². The zero-order valence-corrected chi connectivity index (χ0v) is 22.3. The molecule has 0 bridgehead atoms. The van der Waals surface area contributed by atoms with E-state index in [-0.39, 0.29) is 5.60 Å². The van der Waals surface area contributed by atoms with Gasteiger partial charge in [0.1, 0.15) is 17.1 Å². The fourth-order valence-corrected chi connectivity index (χ4v) is 6.00. The Morgan fingerprint density at radius 1 is 0.833 bits per heavy atom. The fraction of sp³-hybridized carbons (Fsp3) is 0.438. The third kappa shape index (κ3) is 4.89. The van der Waals surface area contributed by atoms with E-state index in [1.165, 1.54) is 16.7 Å². The Morgan fingerprint density at radius 3 is 2.00 bits per heavy atom. The van der Waals surface area contributed by atoms with Gasteiger partial charge in [-0.1, -0.05) is 60.7 Å². The number of fused-ring (bicyclic) bond motifs is 1. The largest absolute Gasteiger partial charge is 0.507 e. The van der Waals surface area contributed by atoms with Crippen molar-refractivity contribution < 1.29 is 9.84 Å². The van der Waals surface area contributed by atoms with Crippen molar-refractivity contribution >= 4 is 0 Å². The number of hydrogen-bond donors (Lipinski definition) is 1. The monoisotopic (exact) mass is 484 g/mol. The average Bonchev–Trinajstić information content (AvgIpc) is 2.92. The van der Waals surface area contributed by atoms with Crippen LogP contribution in [0.4, 0.5) is 0 Å². The van der Waals surface area contributed by atoms with Crippen LogP contribution in [-0.4, -0.2) is 53.2 Å². The van der Waals surface area contributed by atoms with Crippen LogP contribution in [0.15, 0.2) is 60.7 Å². The van der Waals surface area contributed by atoms with Crippen molar-refractivity contribution in [3.05, 3.63) is 94.0 Å². The van der Waals surface area contributed by atoms with Crippen LogP contribution in [0, 0.1) is 20.8 Å². The van der Waals surface area contributed by atoms with E-state index in [9.17, 15) is 5.11 Å². The highest BCUT2D eigenvalue weighted by Crippen LogP contribution is 2.44. The molecule has 0 aliphatic carbocycles. The molecule has 2 aliphatic heterocycles. The lowest BCUT2D eigenvalue weighted by atomic mass is 9.85. The molecule has 3 aromatic rings. The Balaban J connectivity index is 1.23. The minimum atomic E-state index is -0.165. The number of benzene rings is 3. The first kappa shape index (κ1) is 24.9. The molecule has 4 nitrogen and oxygen atoms in total. The number of piperazine rings is 1. The smallest absolute Gasteiger partial charge is 0.127 e. The quantitative estimate of drug-likeness (QED) is 0.452. The Morgan fingerprint density at radius 2 is 1.42 bits per heavy atom. The van der Waals surface area contributed by atoms with Crippen molar-refractivity contribution in [1.29, 1.82) is 0 Å². The predicted molar refractivity (Wildman–Crippen MR) is 147 cm³/mol. The summed E-state index contributed by atoms with van der Waals surface area (Å²) < 4.78 is 6.68. The lowest BCUT2D eigenvalue weighted by molar-refractivity contribution is 0.0331. The molecule has 3 aromatic carbocycles. The molecule has 190 valence electrons. The topological polar surface area (TPSA) is 35.9 Å². The van der Waals surface area contributed by atoms with Gasteiger partial charge in [-0.25, -0.2) is 0 Å². The minimum Gasteiger partial charge on any atom is -0.507 e. The summed E-state index contributed by atoms with van der Waals surface area (Å²) >= 11 is 0. The van der Waals surface area contributed by atoms with Crippen molar-refractivity contribution in [2.45, 2.75) is 58.6 Å². The van der Waals surface area contributed by atoms with Gasteiger partial charge in [0.25, 0.3) is 0 Å². The summed E-state index contributed by atoms with van der Waals surface area (Å²) in [6, 6.07) is 22.1. The molecule has 4 heteroatoms. The van der Waals surface area contributed by atoms with Crippen LogP contribution in [0.25, 0.3) is 0 Å². The Hall–Kier alpha value is -2.82. The summed E-state index contributed by atoms with van der Waals surface area (Å²) in [6.07, 6.45) is 2.98. The third-order valence-electron chi connectivity index (χ3n) is 8.55. The highest BCUT2D eigenvalue weighted by molar-refractivity contribution is 5.58. The second-order valence-electron chi connectivity index (χ2n) is 10.9. The molecule has 2 heterocycles. The Labute approximate surface area is 216 Å². The Kier molecular flexibility index (Phi) is 7.09. The molecule has 1 fully saturated rings. The lowest BCUT2D eigenvalue weighted by Gasteiger charge is -2.42. The molecule has 5 rings (SSSR count). The van der Waals surface area contributed by atoms with Crippen LogP contribution in [0.5, 0.6) is 11.5 Å². The fourth-order valence-electron chi connectivity index (χ4n) is 6.00.